The molecule has 2 amide bonds. The summed E-state index contributed by atoms with van der Waals surface area (Å²) in [6, 6.07) is 18.1. The van der Waals surface area contributed by atoms with E-state index in [1.807, 2.05) is 20.8 Å². The molecule has 0 aliphatic carbocycles. The maximum atomic E-state index is 13.7. The fraction of sp³-hybridized carbons (Fsp3) is 0.259. The first-order valence-corrected chi connectivity index (χ1v) is 13.0. The zero-order valence-electron chi connectivity index (χ0n) is 20.9. The number of nitrogens with zero attached hydrogens (tertiary/aromatic N) is 1. The van der Waals surface area contributed by atoms with E-state index >= 15 is 0 Å². The molecule has 0 aliphatic rings. The standard InChI is InChI=1S/C27H31N3O5S/c1-5-16-28-27(32)22-8-6-7-9-23(22)29-26(31)18-30(24-17-20(3)12-15-25(24)35-4)36(33,34)21-13-10-19(2)11-14-21/h6-15,17H,5,16,18H2,1-4H3,(H,28,32)(H,29,31). The first-order chi connectivity index (χ1) is 17.2. The number of amides is 2. The van der Waals surface area contributed by atoms with E-state index in [-0.39, 0.29) is 16.5 Å². The number of benzene rings is 3. The van der Waals surface area contributed by atoms with Crippen LogP contribution in [-0.4, -0.2) is 40.4 Å². The Labute approximate surface area is 212 Å². The molecular formula is C27H31N3O5S. The van der Waals surface area contributed by atoms with Crippen molar-refractivity contribution in [3.8, 4) is 5.75 Å². The number of aryl methyl sites for hydroxylation is 2. The van der Waals surface area contributed by atoms with E-state index in [1.54, 1.807) is 54.6 Å². The molecule has 0 fully saturated rings. The second kappa shape index (κ2) is 11.7. The lowest BCUT2D eigenvalue weighted by atomic mass is 10.1. The summed E-state index contributed by atoms with van der Waals surface area (Å²) < 4.78 is 33.9. The minimum Gasteiger partial charge on any atom is -0.495 e. The van der Waals surface area contributed by atoms with Gasteiger partial charge in [-0.15, -0.1) is 0 Å². The van der Waals surface area contributed by atoms with Crippen molar-refractivity contribution in [1.29, 1.82) is 0 Å². The van der Waals surface area contributed by atoms with E-state index < -0.39 is 22.5 Å². The smallest absolute Gasteiger partial charge is 0.264 e. The Bertz CT molecular complexity index is 1340. The maximum Gasteiger partial charge on any atom is 0.264 e. The van der Waals surface area contributed by atoms with Gasteiger partial charge in [0, 0.05) is 6.54 Å². The highest BCUT2D eigenvalue weighted by atomic mass is 32.2. The molecule has 8 nitrogen and oxygen atoms in total. The van der Waals surface area contributed by atoms with Gasteiger partial charge in [-0.1, -0.05) is 42.8 Å². The lowest BCUT2D eigenvalue weighted by Crippen LogP contribution is -2.38. The Morgan fingerprint density at radius 3 is 2.28 bits per heavy atom. The topological polar surface area (TPSA) is 105 Å². The van der Waals surface area contributed by atoms with Crippen LogP contribution in [0.25, 0.3) is 0 Å². The van der Waals surface area contributed by atoms with Crippen LogP contribution in [0, 0.1) is 13.8 Å². The highest BCUT2D eigenvalue weighted by molar-refractivity contribution is 7.92. The summed E-state index contributed by atoms with van der Waals surface area (Å²) in [5.74, 6) is -0.620. The number of rotatable bonds is 10. The zero-order chi connectivity index (χ0) is 26.3. The molecule has 0 saturated carbocycles. The number of hydrogen-bond donors (Lipinski definition) is 2. The molecule has 3 aromatic carbocycles. The predicted octanol–water partition coefficient (Wildman–Crippen LogP) is 4.29. The fourth-order valence-corrected chi connectivity index (χ4v) is 5.00. The van der Waals surface area contributed by atoms with Crippen molar-refractivity contribution in [2.75, 3.05) is 29.8 Å². The molecule has 0 unspecified atom stereocenters. The third-order valence-electron chi connectivity index (χ3n) is 5.48. The average molecular weight is 510 g/mol. The average Bonchev–Trinajstić information content (AvgIpc) is 2.86. The van der Waals surface area contributed by atoms with Gasteiger partial charge in [-0.25, -0.2) is 8.42 Å². The molecule has 0 aliphatic heterocycles. The number of carbonyl (C=O) groups excluding carboxylic acids is 2. The molecule has 0 aromatic heterocycles. The molecule has 3 rings (SSSR count). The van der Waals surface area contributed by atoms with Crippen LogP contribution in [-0.2, 0) is 14.8 Å². The summed E-state index contributed by atoms with van der Waals surface area (Å²) in [7, 11) is -2.69. The van der Waals surface area contributed by atoms with E-state index in [1.165, 1.54) is 19.2 Å². The largest absolute Gasteiger partial charge is 0.495 e. The number of sulfonamides is 1. The molecule has 190 valence electrons. The molecule has 2 N–H and O–H groups in total. The molecule has 0 atom stereocenters. The van der Waals surface area contributed by atoms with Crippen molar-refractivity contribution in [2.45, 2.75) is 32.1 Å². The van der Waals surface area contributed by atoms with Crippen molar-refractivity contribution in [1.82, 2.24) is 5.32 Å². The minimum atomic E-state index is -4.13. The van der Waals surface area contributed by atoms with Gasteiger partial charge in [0.25, 0.3) is 15.9 Å². The number of methoxy groups -OCH3 is 1. The molecule has 0 heterocycles. The third-order valence-corrected chi connectivity index (χ3v) is 7.25. The van der Waals surface area contributed by atoms with Crippen LogP contribution in [0.3, 0.4) is 0 Å². The number of hydrogen-bond acceptors (Lipinski definition) is 5. The van der Waals surface area contributed by atoms with Crippen molar-refractivity contribution in [3.05, 3.63) is 83.4 Å². The Hall–Kier alpha value is -3.85. The normalized spacial score (nSPS) is 11.0. The van der Waals surface area contributed by atoms with Gasteiger partial charge >= 0.3 is 0 Å². The van der Waals surface area contributed by atoms with E-state index in [0.29, 0.717) is 23.5 Å². The van der Waals surface area contributed by atoms with Crippen molar-refractivity contribution >= 4 is 33.2 Å². The van der Waals surface area contributed by atoms with Crippen LogP contribution in [0.2, 0.25) is 0 Å². The van der Waals surface area contributed by atoms with Crippen LogP contribution in [0.1, 0.15) is 34.8 Å². The minimum absolute atomic E-state index is 0.0452. The van der Waals surface area contributed by atoms with Crippen molar-refractivity contribution in [3.63, 3.8) is 0 Å². The highest BCUT2D eigenvalue weighted by Crippen LogP contribution is 2.33. The Morgan fingerprint density at radius 2 is 1.61 bits per heavy atom. The Morgan fingerprint density at radius 1 is 0.944 bits per heavy atom. The summed E-state index contributed by atoms with van der Waals surface area (Å²) in [5.41, 5.74) is 2.53. The number of nitrogens with one attached hydrogen (secondary N) is 2. The molecule has 0 bridgehead atoms. The summed E-state index contributed by atoms with van der Waals surface area (Å²) in [6.45, 7) is 5.60. The van der Waals surface area contributed by atoms with E-state index in [4.69, 9.17) is 4.74 Å². The quantitative estimate of drug-likeness (QED) is 0.424. The first kappa shape index (κ1) is 26.7. The van der Waals surface area contributed by atoms with E-state index in [0.717, 1.165) is 21.9 Å². The predicted molar refractivity (Wildman–Crippen MR) is 141 cm³/mol. The van der Waals surface area contributed by atoms with Crippen molar-refractivity contribution in [2.24, 2.45) is 0 Å². The van der Waals surface area contributed by atoms with Gasteiger partial charge in [-0.05, 0) is 62.2 Å². The summed E-state index contributed by atoms with van der Waals surface area (Å²) in [6.07, 6.45) is 0.768. The lowest BCUT2D eigenvalue weighted by Gasteiger charge is -2.26. The van der Waals surface area contributed by atoms with Crippen LogP contribution < -0.4 is 19.7 Å². The Balaban J connectivity index is 1.99. The molecule has 36 heavy (non-hydrogen) atoms. The maximum absolute atomic E-state index is 13.7. The molecule has 0 radical (unpaired) electrons. The number of ether oxygens (including phenoxy) is 1. The van der Waals surface area contributed by atoms with Gasteiger partial charge in [0.05, 0.1) is 28.9 Å². The van der Waals surface area contributed by atoms with Gasteiger partial charge in [0.1, 0.15) is 12.3 Å². The van der Waals surface area contributed by atoms with Crippen LogP contribution >= 0.6 is 0 Å². The van der Waals surface area contributed by atoms with Gasteiger partial charge in [0.2, 0.25) is 5.91 Å². The van der Waals surface area contributed by atoms with E-state index in [2.05, 4.69) is 10.6 Å². The number of anilines is 2. The highest BCUT2D eigenvalue weighted by Gasteiger charge is 2.30. The fourth-order valence-electron chi connectivity index (χ4n) is 3.58. The molecule has 9 heteroatoms. The van der Waals surface area contributed by atoms with Gasteiger partial charge in [-0.2, -0.15) is 0 Å². The van der Waals surface area contributed by atoms with E-state index in [9.17, 15) is 18.0 Å². The van der Waals surface area contributed by atoms with Crippen LogP contribution in [0.5, 0.6) is 5.75 Å². The summed E-state index contributed by atoms with van der Waals surface area (Å²) in [4.78, 5) is 25.8. The SMILES string of the molecule is CCCNC(=O)c1ccccc1NC(=O)CN(c1cc(C)ccc1OC)S(=O)(=O)c1ccc(C)cc1. The van der Waals surface area contributed by atoms with Gasteiger partial charge < -0.3 is 15.4 Å². The van der Waals surface area contributed by atoms with Crippen LogP contribution in [0.15, 0.2) is 71.6 Å². The van der Waals surface area contributed by atoms with Crippen LogP contribution in [0.4, 0.5) is 11.4 Å². The number of para-hydroxylation sites is 1. The monoisotopic (exact) mass is 509 g/mol. The lowest BCUT2D eigenvalue weighted by molar-refractivity contribution is -0.114. The summed E-state index contributed by atoms with van der Waals surface area (Å²) in [5, 5.41) is 5.49. The zero-order valence-corrected chi connectivity index (χ0v) is 21.7. The molecule has 3 aromatic rings. The summed E-state index contributed by atoms with van der Waals surface area (Å²) >= 11 is 0. The van der Waals surface area contributed by atoms with Crippen molar-refractivity contribution < 1.29 is 22.7 Å². The molecule has 0 spiro atoms. The second-order valence-corrected chi connectivity index (χ2v) is 10.2. The first-order valence-electron chi connectivity index (χ1n) is 11.6. The molecular weight excluding hydrogens is 478 g/mol. The Kier molecular flexibility index (Phi) is 8.71. The third kappa shape index (κ3) is 6.23. The van der Waals surface area contributed by atoms with Gasteiger partial charge in [-0.3, -0.25) is 13.9 Å². The number of carbonyl (C=O) groups is 2. The molecule has 0 saturated heterocycles. The second-order valence-electron chi connectivity index (χ2n) is 8.35. The van der Waals surface area contributed by atoms with Gasteiger partial charge in [0.15, 0.2) is 0 Å².